The van der Waals surface area contributed by atoms with Crippen molar-refractivity contribution in [1.82, 2.24) is 9.78 Å². The number of rotatable bonds is 7. The number of halogens is 2. The maximum Gasteiger partial charge on any atom is 0.442 e. The molecule has 1 aliphatic carbocycles. The molecule has 1 aliphatic rings. The summed E-state index contributed by atoms with van der Waals surface area (Å²) in [6.45, 7) is 9.47. The minimum Gasteiger partial charge on any atom is -0.489 e. The third-order valence-corrected chi connectivity index (χ3v) is 8.10. The van der Waals surface area contributed by atoms with Gasteiger partial charge in [-0.25, -0.2) is 13.2 Å². The monoisotopic (exact) mass is 683 g/mol. The van der Waals surface area contributed by atoms with Crippen molar-refractivity contribution < 1.29 is 36.9 Å². The molecule has 0 N–H and O–H groups in total. The molecule has 0 saturated heterocycles. The van der Waals surface area contributed by atoms with Gasteiger partial charge in [0.05, 0.1) is 37.2 Å². The zero-order valence-corrected chi connectivity index (χ0v) is 27.6. The van der Waals surface area contributed by atoms with Gasteiger partial charge in [0.1, 0.15) is 11.7 Å². The fourth-order valence-corrected chi connectivity index (χ4v) is 5.36. The van der Waals surface area contributed by atoms with Gasteiger partial charge in [0.15, 0.2) is 27.2 Å². The molecule has 1 saturated carbocycles. The van der Waals surface area contributed by atoms with Crippen molar-refractivity contribution in [3.8, 4) is 11.4 Å². The summed E-state index contributed by atoms with van der Waals surface area (Å²) in [7, 11) is -3.70. The number of nitrogens with zero attached hydrogens (tertiary/aromatic N) is 3. The smallest absolute Gasteiger partial charge is 0.442 e. The lowest BCUT2D eigenvalue weighted by atomic mass is 9.81. The largest absolute Gasteiger partial charge is 0.489 e. The van der Waals surface area contributed by atoms with Crippen LogP contribution in [0, 0.1) is 16.0 Å². The maximum atomic E-state index is 12.4. The van der Waals surface area contributed by atoms with Crippen molar-refractivity contribution in [2.45, 2.75) is 70.3 Å². The van der Waals surface area contributed by atoms with Crippen LogP contribution in [0.4, 0.5) is 5.69 Å². The summed E-state index contributed by atoms with van der Waals surface area (Å²) >= 11 is 12.3. The number of nitro groups is 1. The molecule has 1 heterocycles. The predicted molar refractivity (Wildman–Crippen MR) is 164 cm³/mol. The second kappa shape index (κ2) is 13.6. The summed E-state index contributed by atoms with van der Waals surface area (Å²) in [5.74, 6) is -3.46. The van der Waals surface area contributed by atoms with Gasteiger partial charge in [-0.2, -0.15) is 4.68 Å². The van der Waals surface area contributed by atoms with Crippen molar-refractivity contribution in [2.75, 3.05) is 6.26 Å². The molecule has 0 aliphatic heterocycles. The first-order valence-electron chi connectivity index (χ1n) is 13.6. The van der Waals surface area contributed by atoms with E-state index in [4.69, 9.17) is 32.4 Å². The summed E-state index contributed by atoms with van der Waals surface area (Å²) in [5, 5.41) is 16.0. The fraction of sp³-hybridized carbons (Fsp3) is 0.414. The molecule has 16 heteroatoms. The number of hydrogen-bond donors (Lipinski definition) is 0. The van der Waals surface area contributed by atoms with Gasteiger partial charge in [-0.05, 0) is 38.5 Å². The summed E-state index contributed by atoms with van der Waals surface area (Å²) < 4.78 is 34.9. The molecular weight excluding hydrogens is 653 g/mol. The van der Waals surface area contributed by atoms with Gasteiger partial charge in [-0.3, -0.25) is 24.5 Å². The van der Waals surface area contributed by atoms with Crippen LogP contribution in [0.1, 0.15) is 70.1 Å². The van der Waals surface area contributed by atoms with Gasteiger partial charge in [0.25, 0.3) is 5.69 Å². The average molecular weight is 685 g/mol. The molecular formula is C29H31Cl2N3O10S. The lowest BCUT2D eigenvalue weighted by molar-refractivity contribution is -0.385. The van der Waals surface area contributed by atoms with E-state index in [2.05, 4.69) is 5.10 Å². The van der Waals surface area contributed by atoms with Crippen molar-refractivity contribution in [2.24, 2.45) is 5.92 Å². The number of ether oxygens (including phenoxy) is 1. The van der Waals surface area contributed by atoms with E-state index in [1.54, 1.807) is 6.07 Å². The molecule has 13 nitrogen and oxygen atoms in total. The van der Waals surface area contributed by atoms with E-state index in [-0.39, 0.29) is 34.3 Å². The molecule has 242 valence electrons. The first-order chi connectivity index (χ1) is 20.7. The number of sulfone groups is 1. The molecule has 45 heavy (non-hydrogen) atoms. The molecule has 3 aromatic rings. The highest BCUT2D eigenvalue weighted by Gasteiger charge is 2.39. The van der Waals surface area contributed by atoms with Crippen LogP contribution in [0.15, 0.2) is 44.4 Å². The van der Waals surface area contributed by atoms with Crippen molar-refractivity contribution in [3.05, 3.63) is 72.5 Å². The minimum absolute atomic E-state index is 0.0642. The number of benzene rings is 2. The number of carbonyl (C=O) groups excluding carboxylic acids is 3. The molecule has 0 spiro atoms. The zero-order valence-electron chi connectivity index (χ0n) is 25.3. The predicted octanol–water partition coefficient (Wildman–Crippen LogP) is 5.34. The van der Waals surface area contributed by atoms with Crippen LogP contribution in [0.2, 0.25) is 10.0 Å². The van der Waals surface area contributed by atoms with Crippen LogP contribution in [-0.2, 0) is 24.8 Å². The van der Waals surface area contributed by atoms with Gasteiger partial charge in [0, 0.05) is 36.6 Å². The molecule has 2 aromatic carbocycles. The highest BCUT2D eigenvalue weighted by atomic mass is 35.5. The van der Waals surface area contributed by atoms with Gasteiger partial charge in [-0.15, -0.1) is 5.10 Å². The summed E-state index contributed by atoms with van der Waals surface area (Å²) in [6.07, 6.45) is 1.30. The molecule has 4 rings (SSSR count). The standard InChI is InChI=1S/C15H18Cl2N2O3.C14H13NO7S/c1-8(2)21-12-7-11(9(16)6-10(12)17)19-14(20)22-13(18-19)15(3,4)5;1-23(21,22)8-5-6-9(10(7-8)15(19)20)14(18)13-11(16)3-2-4-12(13)17/h6-8H,1-5H3;5-7,13H,2-4H2,1H3. The molecule has 0 bridgehead atoms. The Morgan fingerprint density at radius 3 is 2.18 bits per heavy atom. The first-order valence-corrected chi connectivity index (χ1v) is 16.2. The number of hydrogen-bond acceptors (Lipinski definition) is 11. The number of carbonyl (C=O) groups is 3. The van der Waals surface area contributed by atoms with Gasteiger partial charge in [0.2, 0.25) is 5.89 Å². The third kappa shape index (κ3) is 8.44. The van der Waals surface area contributed by atoms with Crippen LogP contribution in [-0.4, -0.2) is 52.8 Å². The van der Waals surface area contributed by atoms with E-state index in [0.29, 0.717) is 28.8 Å². The topological polar surface area (TPSA) is 186 Å². The Bertz CT molecular complexity index is 1820. The average Bonchev–Trinajstić information content (AvgIpc) is 3.31. The lowest BCUT2D eigenvalue weighted by Crippen LogP contribution is -2.35. The Morgan fingerprint density at radius 2 is 1.69 bits per heavy atom. The van der Waals surface area contributed by atoms with Crippen molar-refractivity contribution in [1.29, 1.82) is 0 Å². The Morgan fingerprint density at radius 1 is 1.09 bits per heavy atom. The minimum atomic E-state index is -3.70. The van der Waals surface area contributed by atoms with Crippen molar-refractivity contribution in [3.63, 3.8) is 0 Å². The number of ketones is 3. The summed E-state index contributed by atoms with van der Waals surface area (Å²) in [6, 6.07) is 5.90. The van der Waals surface area contributed by atoms with Crippen LogP contribution >= 0.6 is 23.2 Å². The van der Waals surface area contributed by atoms with E-state index in [0.717, 1.165) is 29.1 Å². The second-order valence-electron chi connectivity index (χ2n) is 11.5. The van der Waals surface area contributed by atoms with E-state index < -0.39 is 55.0 Å². The SMILES string of the molecule is CC(C)Oc1cc(-n2nc(C(C)(C)C)oc2=O)c(Cl)cc1Cl.CS(=O)(=O)c1ccc(C(=O)C2C(=O)CCCC2=O)c([N+](=O)[O-])c1. The number of nitro benzene ring substituents is 1. The van der Waals surface area contributed by atoms with Gasteiger partial charge < -0.3 is 9.15 Å². The number of aromatic nitrogens is 2. The normalized spacial score (nSPS) is 14.2. The molecule has 0 amide bonds. The van der Waals surface area contributed by atoms with Crippen molar-refractivity contribution >= 4 is 56.1 Å². The Kier molecular flexibility index (Phi) is 10.8. The Hall–Kier alpha value is -3.88. The van der Waals surface area contributed by atoms with E-state index in [9.17, 15) is 37.7 Å². The molecule has 1 fully saturated rings. The lowest BCUT2D eigenvalue weighted by Gasteiger charge is -2.18. The maximum absolute atomic E-state index is 12.4. The van der Waals surface area contributed by atoms with Crippen LogP contribution < -0.4 is 10.5 Å². The van der Waals surface area contributed by atoms with E-state index in [1.807, 2.05) is 34.6 Å². The Labute approximate surface area is 268 Å². The molecule has 0 radical (unpaired) electrons. The van der Waals surface area contributed by atoms with Gasteiger partial charge in [-0.1, -0.05) is 44.0 Å². The summed E-state index contributed by atoms with van der Waals surface area (Å²) in [5.41, 5.74) is -1.19. The van der Waals surface area contributed by atoms with E-state index >= 15 is 0 Å². The van der Waals surface area contributed by atoms with Gasteiger partial charge >= 0.3 is 5.76 Å². The van der Waals surface area contributed by atoms with E-state index in [1.165, 1.54) is 6.07 Å². The molecule has 1 aromatic heterocycles. The third-order valence-electron chi connectivity index (χ3n) is 6.39. The highest BCUT2D eigenvalue weighted by Crippen LogP contribution is 2.34. The van der Waals surface area contributed by atoms with Crippen LogP contribution in [0.25, 0.3) is 5.69 Å². The fourth-order valence-electron chi connectivity index (χ4n) is 4.21. The first kappa shape index (κ1) is 35.6. The quantitative estimate of drug-likeness (QED) is 0.135. The van der Waals surface area contributed by atoms with Crippen LogP contribution in [0.5, 0.6) is 5.75 Å². The van der Waals surface area contributed by atoms with Crippen LogP contribution in [0.3, 0.4) is 0 Å². The Balaban J connectivity index is 0.000000246. The number of Topliss-reactive ketones (excluding diaryl/α,β-unsaturated/α-hetero) is 3. The highest BCUT2D eigenvalue weighted by molar-refractivity contribution is 7.90. The molecule has 0 unspecified atom stereocenters. The zero-order chi connectivity index (χ0) is 34.0. The molecule has 0 atom stereocenters. The second-order valence-corrected chi connectivity index (χ2v) is 14.4. The summed E-state index contributed by atoms with van der Waals surface area (Å²) in [4.78, 5) is 58.0.